The number of halogens is 3. The minimum atomic E-state index is -4.44. The SMILES string of the molecule is O=C(COC(=O)Cc1c[nH]c2ccccc12)Nc1ccc(C(F)(F)F)cc1. The van der Waals surface area contributed by atoms with Gasteiger partial charge in [-0.25, -0.2) is 0 Å². The molecule has 3 aromatic rings. The Morgan fingerprint density at radius 3 is 2.44 bits per heavy atom. The summed E-state index contributed by atoms with van der Waals surface area (Å²) in [5.74, 6) is -1.22. The van der Waals surface area contributed by atoms with Crippen LogP contribution in [0.2, 0.25) is 0 Å². The van der Waals surface area contributed by atoms with E-state index in [4.69, 9.17) is 4.74 Å². The predicted molar refractivity (Wildman–Crippen MR) is 93.0 cm³/mol. The molecular formula is C19H15F3N2O3. The number of carbonyl (C=O) groups is 2. The summed E-state index contributed by atoms with van der Waals surface area (Å²) < 4.78 is 42.4. The molecule has 0 saturated heterocycles. The Hall–Kier alpha value is -3.29. The van der Waals surface area contributed by atoms with E-state index in [0.29, 0.717) is 0 Å². The van der Waals surface area contributed by atoms with Gasteiger partial charge in [-0.2, -0.15) is 13.2 Å². The van der Waals surface area contributed by atoms with Gasteiger partial charge in [0.05, 0.1) is 12.0 Å². The van der Waals surface area contributed by atoms with Gasteiger partial charge in [0.2, 0.25) is 0 Å². The van der Waals surface area contributed by atoms with Crippen molar-refractivity contribution in [1.29, 1.82) is 0 Å². The molecule has 2 N–H and O–H groups in total. The molecular weight excluding hydrogens is 361 g/mol. The maximum atomic E-state index is 12.5. The first kappa shape index (κ1) is 18.5. The third-order valence-corrected chi connectivity index (χ3v) is 3.87. The van der Waals surface area contributed by atoms with Crippen LogP contribution in [0.4, 0.5) is 18.9 Å². The molecule has 1 amide bonds. The van der Waals surface area contributed by atoms with Crippen molar-refractivity contribution in [2.45, 2.75) is 12.6 Å². The summed E-state index contributed by atoms with van der Waals surface area (Å²) in [6.07, 6.45) is -2.74. The molecule has 0 unspecified atom stereocenters. The number of ether oxygens (including phenoxy) is 1. The van der Waals surface area contributed by atoms with E-state index < -0.39 is 30.2 Å². The minimum Gasteiger partial charge on any atom is -0.455 e. The molecule has 27 heavy (non-hydrogen) atoms. The average molecular weight is 376 g/mol. The van der Waals surface area contributed by atoms with E-state index in [-0.39, 0.29) is 12.1 Å². The van der Waals surface area contributed by atoms with Crippen LogP contribution >= 0.6 is 0 Å². The number of amides is 1. The highest BCUT2D eigenvalue weighted by Crippen LogP contribution is 2.29. The number of hydrogen-bond acceptors (Lipinski definition) is 3. The number of aromatic nitrogens is 1. The Morgan fingerprint density at radius 1 is 1.04 bits per heavy atom. The zero-order valence-corrected chi connectivity index (χ0v) is 14.0. The molecule has 0 saturated carbocycles. The number of alkyl halides is 3. The maximum absolute atomic E-state index is 12.5. The number of H-pyrrole nitrogens is 1. The topological polar surface area (TPSA) is 71.2 Å². The van der Waals surface area contributed by atoms with Crippen LogP contribution in [-0.2, 0) is 26.9 Å². The van der Waals surface area contributed by atoms with Crippen molar-refractivity contribution in [3.05, 3.63) is 65.9 Å². The predicted octanol–water partition coefficient (Wildman–Crippen LogP) is 3.91. The van der Waals surface area contributed by atoms with Crippen LogP contribution in [0.25, 0.3) is 10.9 Å². The molecule has 0 bridgehead atoms. The van der Waals surface area contributed by atoms with Gasteiger partial charge >= 0.3 is 12.1 Å². The van der Waals surface area contributed by atoms with Gasteiger partial charge in [-0.15, -0.1) is 0 Å². The second kappa shape index (κ2) is 7.53. The van der Waals surface area contributed by atoms with Gasteiger partial charge in [-0.3, -0.25) is 9.59 Å². The fourth-order valence-corrected chi connectivity index (χ4v) is 2.57. The molecule has 0 aliphatic heterocycles. The Bertz CT molecular complexity index is 962. The highest BCUT2D eigenvalue weighted by molar-refractivity contribution is 5.93. The quantitative estimate of drug-likeness (QED) is 0.663. The number of rotatable bonds is 5. The summed E-state index contributed by atoms with van der Waals surface area (Å²) in [5, 5.41) is 3.27. The van der Waals surface area contributed by atoms with Crippen LogP contribution in [0.1, 0.15) is 11.1 Å². The molecule has 0 aliphatic carbocycles. The van der Waals surface area contributed by atoms with Gasteiger partial charge in [0.1, 0.15) is 0 Å². The van der Waals surface area contributed by atoms with Crippen molar-refractivity contribution < 1.29 is 27.5 Å². The Kier molecular flexibility index (Phi) is 5.16. The molecule has 2 aromatic carbocycles. The summed E-state index contributed by atoms with van der Waals surface area (Å²) in [6, 6.07) is 11.4. The molecule has 5 nitrogen and oxygen atoms in total. The number of esters is 1. The maximum Gasteiger partial charge on any atom is 0.416 e. The number of benzene rings is 2. The smallest absolute Gasteiger partial charge is 0.416 e. The van der Waals surface area contributed by atoms with Crippen LogP contribution in [0.15, 0.2) is 54.7 Å². The third kappa shape index (κ3) is 4.66. The van der Waals surface area contributed by atoms with Crippen LogP contribution in [0, 0.1) is 0 Å². The number of aromatic amines is 1. The lowest BCUT2D eigenvalue weighted by molar-refractivity contribution is -0.146. The van der Waals surface area contributed by atoms with Gasteiger partial charge in [0.25, 0.3) is 5.91 Å². The standard InChI is InChI=1S/C19H15F3N2O3/c20-19(21,22)13-5-7-14(8-6-13)24-17(25)11-27-18(26)9-12-10-23-16-4-2-1-3-15(12)16/h1-8,10,23H,9,11H2,(H,24,25). The summed E-state index contributed by atoms with van der Waals surface area (Å²) in [5.41, 5.74) is 1.01. The Labute approximate surface area is 152 Å². The molecule has 0 spiro atoms. The fraction of sp³-hybridized carbons (Fsp3) is 0.158. The molecule has 0 atom stereocenters. The van der Waals surface area contributed by atoms with E-state index in [0.717, 1.165) is 40.7 Å². The Morgan fingerprint density at radius 2 is 1.74 bits per heavy atom. The van der Waals surface area contributed by atoms with Crippen molar-refractivity contribution >= 4 is 28.5 Å². The largest absolute Gasteiger partial charge is 0.455 e. The van der Waals surface area contributed by atoms with Gasteiger partial charge in [0.15, 0.2) is 6.61 Å². The summed E-state index contributed by atoms with van der Waals surface area (Å²) in [7, 11) is 0. The van der Waals surface area contributed by atoms with Gasteiger partial charge in [-0.05, 0) is 35.9 Å². The normalized spacial score (nSPS) is 11.4. The summed E-state index contributed by atoms with van der Waals surface area (Å²) in [4.78, 5) is 26.8. The van der Waals surface area contributed by atoms with Gasteiger partial charge < -0.3 is 15.0 Å². The summed E-state index contributed by atoms with van der Waals surface area (Å²) in [6.45, 7) is -0.526. The molecule has 0 fully saturated rings. The van der Waals surface area contributed by atoms with E-state index in [2.05, 4.69) is 10.3 Å². The van der Waals surface area contributed by atoms with Crippen molar-refractivity contribution in [2.24, 2.45) is 0 Å². The number of nitrogens with one attached hydrogen (secondary N) is 2. The third-order valence-electron chi connectivity index (χ3n) is 3.87. The second-order valence-corrected chi connectivity index (χ2v) is 5.82. The average Bonchev–Trinajstić information content (AvgIpc) is 3.03. The number of fused-ring (bicyclic) bond motifs is 1. The van der Waals surface area contributed by atoms with E-state index >= 15 is 0 Å². The monoisotopic (exact) mass is 376 g/mol. The molecule has 1 heterocycles. The lowest BCUT2D eigenvalue weighted by atomic mass is 10.1. The lowest BCUT2D eigenvalue weighted by Crippen LogP contribution is -2.21. The van der Waals surface area contributed by atoms with E-state index in [1.807, 2.05) is 24.3 Å². The number of hydrogen-bond donors (Lipinski definition) is 2. The van der Waals surface area contributed by atoms with Crippen LogP contribution in [0.5, 0.6) is 0 Å². The van der Waals surface area contributed by atoms with Gasteiger partial charge in [0, 0.05) is 22.8 Å². The second-order valence-electron chi connectivity index (χ2n) is 5.82. The van der Waals surface area contributed by atoms with Crippen molar-refractivity contribution in [3.8, 4) is 0 Å². The molecule has 140 valence electrons. The van der Waals surface area contributed by atoms with E-state index in [9.17, 15) is 22.8 Å². The first-order valence-corrected chi connectivity index (χ1v) is 8.00. The molecule has 1 aromatic heterocycles. The fourth-order valence-electron chi connectivity index (χ4n) is 2.57. The van der Waals surface area contributed by atoms with Gasteiger partial charge in [-0.1, -0.05) is 18.2 Å². The van der Waals surface area contributed by atoms with E-state index in [1.165, 1.54) is 0 Å². The zero-order valence-electron chi connectivity index (χ0n) is 14.0. The lowest BCUT2D eigenvalue weighted by Gasteiger charge is -2.09. The molecule has 0 aliphatic rings. The highest BCUT2D eigenvalue weighted by atomic mass is 19.4. The minimum absolute atomic E-state index is 0.00241. The number of carbonyl (C=O) groups excluding carboxylic acids is 2. The Balaban J connectivity index is 1.51. The van der Waals surface area contributed by atoms with E-state index in [1.54, 1.807) is 6.20 Å². The first-order valence-electron chi connectivity index (χ1n) is 8.00. The number of anilines is 1. The van der Waals surface area contributed by atoms with Crippen LogP contribution < -0.4 is 5.32 Å². The first-order chi connectivity index (χ1) is 12.8. The molecule has 8 heteroatoms. The van der Waals surface area contributed by atoms with Crippen LogP contribution in [-0.4, -0.2) is 23.5 Å². The molecule has 3 rings (SSSR count). The van der Waals surface area contributed by atoms with Crippen molar-refractivity contribution in [1.82, 2.24) is 4.98 Å². The number of para-hydroxylation sites is 1. The molecule has 0 radical (unpaired) electrons. The van der Waals surface area contributed by atoms with Crippen LogP contribution in [0.3, 0.4) is 0 Å². The van der Waals surface area contributed by atoms with Crippen molar-refractivity contribution in [3.63, 3.8) is 0 Å². The van der Waals surface area contributed by atoms with Crippen molar-refractivity contribution in [2.75, 3.05) is 11.9 Å². The zero-order chi connectivity index (χ0) is 19.4. The summed E-state index contributed by atoms with van der Waals surface area (Å²) >= 11 is 0. The highest BCUT2D eigenvalue weighted by Gasteiger charge is 2.30.